The Morgan fingerprint density at radius 2 is 2.11 bits per heavy atom. The molecular formula is C13H14N5O+. The van der Waals surface area contributed by atoms with Crippen molar-refractivity contribution in [1.29, 1.82) is 0 Å². The summed E-state index contributed by atoms with van der Waals surface area (Å²) in [5, 5.41) is 8.05. The summed E-state index contributed by atoms with van der Waals surface area (Å²) in [6.07, 6.45) is 3.55. The van der Waals surface area contributed by atoms with Crippen LogP contribution in [0.4, 0.5) is 11.5 Å². The Hall–Kier alpha value is -2.44. The largest absolute Gasteiger partial charge is 0.384 e. The third kappa shape index (κ3) is 2.14. The number of hydrogen-bond donors (Lipinski definition) is 3. The van der Waals surface area contributed by atoms with E-state index >= 15 is 0 Å². The van der Waals surface area contributed by atoms with Crippen LogP contribution in [0.1, 0.15) is 0 Å². The summed E-state index contributed by atoms with van der Waals surface area (Å²) in [6, 6.07) is 7.81. The number of nitrogens with two attached hydrogens (primary N) is 2. The van der Waals surface area contributed by atoms with E-state index in [-0.39, 0.29) is 0 Å². The fraction of sp³-hybridized carbons (Fsp3) is 0.0769. The first-order valence-electron chi connectivity index (χ1n) is 5.83. The molecule has 5 N–H and O–H groups in total. The molecule has 3 rings (SSSR count). The molecule has 19 heavy (non-hydrogen) atoms. The number of benzene rings is 1. The molecule has 2 aromatic heterocycles. The number of hydrogen-bond acceptors (Lipinski definition) is 4. The molecule has 0 saturated heterocycles. The first kappa shape index (κ1) is 11.6. The summed E-state index contributed by atoms with van der Waals surface area (Å²) < 4.78 is 0. The van der Waals surface area contributed by atoms with Crippen molar-refractivity contribution in [2.45, 2.75) is 0 Å². The van der Waals surface area contributed by atoms with Gasteiger partial charge in [-0.25, -0.2) is 9.82 Å². The second-order valence-corrected chi connectivity index (χ2v) is 4.22. The van der Waals surface area contributed by atoms with Crippen molar-refractivity contribution in [2.75, 3.05) is 12.8 Å². The summed E-state index contributed by atoms with van der Waals surface area (Å²) in [5.41, 5.74) is 11.2. The van der Waals surface area contributed by atoms with Gasteiger partial charge in [0.25, 0.3) is 0 Å². The van der Waals surface area contributed by atoms with Crippen LogP contribution in [0.15, 0.2) is 36.7 Å². The van der Waals surface area contributed by atoms with Crippen LogP contribution in [-0.2, 0) is 4.84 Å². The quantitative estimate of drug-likeness (QED) is 0.480. The number of aromatic amines is 1. The van der Waals surface area contributed by atoms with Gasteiger partial charge >= 0.3 is 0 Å². The molecule has 0 aliphatic rings. The lowest BCUT2D eigenvalue weighted by Crippen LogP contribution is -2.76. The molecule has 6 nitrogen and oxygen atoms in total. The van der Waals surface area contributed by atoms with Crippen LogP contribution in [-0.4, -0.2) is 22.3 Å². The molecule has 0 amide bonds. The number of nitrogens with one attached hydrogen (secondary N) is 1. The molecule has 2 heterocycles. The number of nitrogens with zero attached hydrogens (tertiary/aromatic N) is 2. The van der Waals surface area contributed by atoms with Gasteiger partial charge < -0.3 is 5.73 Å². The van der Waals surface area contributed by atoms with Gasteiger partial charge in [0.05, 0.1) is 13.3 Å². The number of fused-ring (bicyclic) bond motifs is 1. The number of anilines is 1. The van der Waals surface area contributed by atoms with Gasteiger partial charge in [0.2, 0.25) is 0 Å². The van der Waals surface area contributed by atoms with Crippen LogP contribution < -0.4 is 11.2 Å². The van der Waals surface area contributed by atoms with Crippen LogP contribution >= 0.6 is 0 Å². The lowest BCUT2D eigenvalue weighted by molar-refractivity contribution is -0.829. The van der Waals surface area contributed by atoms with Crippen molar-refractivity contribution >= 4 is 22.4 Å². The molecular weight excluding hydrogens is 242 g/mol. The molecule has 6 heteroatoms. The number of nitrogen functional groups attached to an aromatic ring is 1. The normalized spacial score (nSPS) is 11.0. The molecule has 0 aliphatic carbocycles. The molecule has 3 aromatic rings. The van der Waals surface area contributed by atoms with E-state index in [1.54, 1.807) is 31.0 Å². The molecule has 0 bridgehead atoms. The van der Waals surface area contributed by atoms with Crippen molar-refractivity contribution in [2.24, 2.45) is 0 Å². The fourth-order valence-corrected chi connectivity index (χ4v) is 2.05. The van der Waals surface area contributed by atoms with E-state index in [1.165, 1.54) is 0 Å². The Bertz CT molecular complexity index is 705. The van der Waals surface area contributed by atoms with Crippen molar-refractivity contribution < 1.29 is 10.3 Å². The third-order valence-electron chi connectivity index (χ3n) is 2.94. The number of rotatable bonds is 3. The van der Waals surface area contributed by atoms with Gasteiger partial charge in [-0.3, -0.25) is 5.10 Å². The Balaban J connectivity index is 2.15. The topological polar surface area (TPSA) is 93.4 Å². The Morgan fingerprint density at radius 3 is 2.84 bits per heavy atom. The molecule has 0 saturated carbocycles. The monoisotopic (exact) mass is 256 g/mol. The summed E-state index contributed by atoms with van der Waals surface area (Å²) in [6.45, 7) is 0. The highest BCUT2D eigenvalue weighted by Crippen LogP contribution is 2.27. The van der Waals surface area contributed by atoms with Gasteiger partial charge in [-0.05, 0) is 23.8 Å². The van der Waals surface area contributed by atoms with Crippen LogP contribution in [0.25, 0.3) is 22.0 Å². The predicted molar refractivity (Wildman–Crippen MR) is 72.3 cm³/mol. The molecule has 96 valence electrons. The number of H-pyrrole nitrogens is 1. The van der Waals surface area contributed by atoms with Crippen molar-refractivity contribution in [3.05, 3.63) is 36.7 Å². The zero-order chi connectivity index (χ0) is 13.2. The van der Waals surface area contributed by atoms with Gasteiger partial charge in [-0.1, -0.05) is 0 Å². The lowest BCUT2D eigenvalue weighted by atomic mass is 10.0. The Morgan fingerprint density at radius 1 is 1.21 bits per heavy atom. The Labute approximate surface area is 109 Å². The molecule has 0 aliphatic heterocycles. The summed E-state index contributed by atoms with van der Waals surface area (Å²) in [4.78, 5) is 9.22. The van der Waals surface area contributed by atoms with E-state index in [0.717, 1.165) is 27.7 Å². The fourth-order valence-electron chi connectivity index (χ4n) is 2.05. The molecule has 0 atom stereocenters. The molecule has 0 radical (unpaired) electrons. The smallest absolute Gasteiger partial charge is 0.188 e. The van der Waals surface area contributed by atoms with Crippen molar-refractivity contribution in [1.82, 2.24) is 15.2 Å². The van der Waals surface area contributed by atoms with Gasteiger partial charge in [0.15, 0.2) is 5.69 Å². The summed E-state index contributed by atoms with van der Waals surface area (Å²) in [5.74, 6) is 0.511. The molecule has 0 fully saturated rings. The van der Waals surface area contributed by atoms with E-state index in [4.69, 9.17) is 10.6 Å². The van der Waals surface area contributed by atoms with Crippen molar-refractivity contribution in [3.63, 3.8) is 0 Å². The minimum Gasteiger partial charge on any atom is -0.384 e. The van der Waals surface area contributed by atoms with Crippen molar-refractivity contribution in [3.8, 4) is 11.1 Å². The van der Waals surface area contributed by atoms with E-state index in [0.29, 0.717) is 5.82 Å². The number of pyridine rings is 1. The second kappa shape index (κ2) is 4.68. The zero-order valence-corrected chi connectivity index (χ0v) is 10.4. The highest BCUT2D eigenvalue weighted by atomic mass is 16.6. The highest BCUT2D eigenvalue weighted by Gasteiger charge is 2.11. The van der Waals surface area contributed by atoms with Crippen LogP contribution in [0.2, 0.25) is 0 Å². The molecule has 0 unspecified atom stereocenters. The predicted octanol–water partition coefficient (Wildman–Crippen LogP) is 0.963. The maximum Gasteiger partial charge on any atom is 0.188 e. The Kier molecular flexibility index (Phi) is 2.86. The highest BCUT2D eigenvalue weighted by molar-refractivity contribution is 5.91. The zero-order valence-electron chi connectivity index (χ0n) is 10.4. The second-order valence-electron chi connectivity index (χ2n) is 4.22. The van der Waals surface area contributed by atoms with E-state index in [2.05, 4.69) is 21.2 Å². The van der Waals surface area contributed by atoms with E-state index in [9.17, 15) is 0 Å². The van der Waals surface area contributed by atoms with E-state index < -0.39 is 0 Å². The standard InChI is InChI=1S/C13H13N5O/c1-19-18-11-5-9(4-10-7-16-17-13(10)11)8-2-3-12(14)15-6-8/h2-7,18H,1H3,(H2,14,15)(H,16,17)/p+1. The number of aromatic nitrogens is 3. The summed E-state index contributed by atoms with van der Waals surface area (Å²) in [7, 11) is 1.62. The van der Waals surface area contributed by atoms with Crippen LogP contribution in [0, 0.1) is 0 Å². The first-order chi connectivity index (χ1) is 9.28. The average Bonchev–Trinajstić information content (AvgIpc) is 2.88. The third-order valence-corrected chi connectivity index (χ3v) is 2.94. The lowest BCUT2D eigenvalue weighted by Gasteiger charge is -2.04. The van der Waals surface area contributed by atoms with Gasteiger partial charge in [-0.2, -0.15) is 10.6 Å². The SMILES string of the molecule is CO[NH2+]c1cc(-c2ccc(N)nc2)cc2cn[nH]c12. The maximum absolute atomic E-state index is 5.60. The van der Waals surface area contributed by atoms with Crippen LogP contribution in [0.5, 0.6) is 0 Å². The van der Waals surface area contributed by atoms with Gasteiger partial charge in [0.1, 0.15) is 11.3 Å². The van der Waals surface area contributed by atoms with Gasteiger partial charge in [0, 0.05) is 23.2 Å². The minimum atomic E-state index is 0.511. The first-order valence-corrected chi connectivity index (χ1v) is 5.83. The maximum atomic E-state index is 5.60. The van der Waals surface area contributed by atoms with Crippen LogP contribution in [0.3, 0.4) is 0 Å². The number of quaternary nitrogens is 1. The minimum absolute atomic E-state index is 0.511. The molecule has 0 spiro atoms. The summed E-state index contributed by atoms with van der Waals surface area (Å²) >= 11 is 0. The average molecular weight is 256 g/mol. The van der Waals surface area contributed by atoms with E-state index in [1.807, 2.05) is 12.1 Å². The molecule has 1 aromatic carbocycles. The van der Waals surface area contributed by atoms with Gasteiger partial charge in [-0.15, -0.1) is 0 Å².